The van der Waals surface area contributed by atoms with Gasteiger partial charge in [0.25, 0.3) is 0 Å². The van der Waals surface area contributed by atoms with E-state index < -0.39 is 0 Å². The summed E-state index contributed by atoms with van der Waals surface area (Å²) in [6.45, 7) is 8.69. The maximum absolute atomic E-state index is 4.71. The van der Waals surface area contributed by atoms with Gasteiger partial charge in [-0.25, -0.2) is 4.98 Å². The van der Waals surface area contributed by atoms with Gasteiger partial charge >= 0.3 is 0 Å². The van der Waals surface area contributed by atoms with Gasteiger partial charge in [-0.05, 0) is 40.7 Å². The van der Waals surface area contributed by atoms with Crippen molar-refractivity contribution in [1.82, 2.24) is 14.9 Å². The Morgan fingerprint density at radius 3 is 2.94 bits per heavy atom. The smallest absolute Gasteiger partial charge is 0.206 e. The molecule has 0 amide bonds. The Kier molecular flexibility index (Phi) is 3.72. The van der Waals surface area contributed by atoms with Gasteiger partial charge in [0.1, 0.15) is 0 Å². The quantitative estimate of drug-likeness (QED) is 0.867. The second-order valence-electron chi connectivity index (χ2n) is 5.23. The Morgan fingerprint density at radius 2 is 2.29 bits per heavy atom. The number of nitrogens with zero attached hydrogens (tertiary/aromatic N) is 3. The third-order valence-electron chi connectivity index (χ3n) is 3.46. The SMILES string of the molecule is CNCC1CCCN1c1nc(C)cn1C(C)C. The van der Waals surface area contributed by atoms with Crippen molar-refractivity contribution in [2.75, 3.05) is 25.0 Å². The zero-order chi connectivity index (χ0) is 12.4. The van der Waals surface area contributed by atoms with Crippen LogP contribution < -0.4 is 10.2 Å². The molecule has 0 aliphatic carbocycles. The molecule has 1 aromatic rings. The summed E-state index contributed by atoms with van der Waals surface area (Å²) in [4.78, 5) is 7.17. The second-order valence-corrected chi connectivity index (χ2v) is 5.23. The highest BCUT2D eigenvalue weighted by Gasteiger charge is 2.27. The number of anilines is 1. The average molecular weight is 236 g/mol. The van der Waals surface area contributed by atoms with E-state index in [-0.39, 0.29) is 0 Å². The third kappa shape index (κ3) is 2.46. The first-order chi connectivity index (χ1) is 8.13. The van der Waals surface area contributed by atoms with Crippen molar-refractivity contribution < 1.29 is 0 Å². The molecule has 1 atom stereocenters. The Labute approximate surface area is 104 Å². The molecule has 0 bridgehead atoms. The van der Waals surface area contributed by atoms with E-state index in [0.717, 1.165) is 24.7 Å². The zero-order valence-electron chi connectivity index (χ0n) is 11.4. The van der Waals surface area contributed by atoms with Crippen molar-refractivity contribution in [3.05, 3.63) is 11.9 Å². The highest BCUT2D eigenvalue weighted by atomic mass is 15.3. The van der Waals surface area contributed by atoms with Gasteiger partial charge < -0.3 is 14.8 Å². The normalized spacial score (nSPS) is 20.5. The van der Waals surface area contributed by atoms with Crippen LogP contribution >= 0.6 is 0 Å². The van der Waals surface area contributed by atoms with Gasteiger partial charge in [0, 0.05) is 31.4 Å². The Morgan fingerprint density at radius 1 is 1.53 bits per heavy atom. The molecule has 0 saturated carbocycles. The Hall–Kier alpha value is -1.03. The number of hydrogen-bond acceptors (Lipinski definition) is 3. The third-order valence-corrected chi connectivity index (χ3v) is 3.46. The highest BCUT2D eigenvalue weighted by molar-refractivity contribution is 5.37. The first kappa shape index (κ1) is 12.4. The highest BCUT2D eigenvalue weighted by Crippen LogP contribution is 2.27. The second kappa shape index (κ2) is 5.08. The molecule has 2 rings (SSSR count). The van der Waals surface area contributed by atoms with Crippen molar-refractivity contribution in [2.45, 2.75) is 45.7 Å². The molecule has 1 unspecified atom stereocenters. The van der Waals surface area contributed by atoms with Crippen LogP contribution in [0.15, 0.2) is 6.20 Å². The summed E-state index contributed by atoms with van der Waals surface area (Å²) in [5, 5.41) is 3.29. The molecule has 1 fully saturated rings. The Balaban J connectivity index is 2.26. The minimum Gasteiger partial charge on any atom is -0.338 e. The molecule has 4 nitrogen and oxygen atoms in total. The van der Waals surface area contributed by atoms with Crippen LogP contribution in [0.1, 0.15) is 38.4 Å². The van der Waals surface area contributed by atoms with E-state index in [1.165, 1.54) is 12.8 Å². The first-order valence-corrected chi connectivity index (χ1v) is 6.60. The molecule has 1 saturated heterocycles. The summed E-state index contributed by atoms with van der Waals surface area (Å²) < 4.78 is 2.29. The molecule has 0 aromatic carbocycles. The van der Waals surface area contributed by atoms with Gasteiger partial charge in [-0.3, -0.25) is 0 Å². The number of hydrogen-bond donors (Lipinski definition) is 1. The van der Waals surface area contributed by atoms with Crippen molar-refractivity contribution in [3.8, 4) is 0 Å². The number of likely N-dealkylation sites (N-methyl/N-ethyl adjacent to an activating group) is 1. The van der Waals surface area contributed by atoms with Crippen LogP contribution in [-0.4, -0.2) is 35.7 Å². The lowest BCUT2D eigenvalue weighted by molar-refractivity contribution is 0.558. The Bertz CT molecular complexity index is 369. The van der Waals surface area contributed by atoms with Crippen molar-refractivity contribution in [2.24, 2.45) is 0 Å². The molecule has 1 aliphatic heterocycles. The maximum Gasteiger partial charge on any atom is 0.206 e. The summed E-state index contributed by atoms with van der Waals surface area (Å²) in [5.74, 6) is 1.15. The summed E-state index contributed by atoms with van der Waals surface area (Å²) in [5.41, 5.74) is 1.11. The van der Waals surface area contributed by atoms with Crippen LogP contribution in [-0.2, 0) is 0 Å². The van der Waals surface area contributed by atoms with E-state index in [1.807, 2.05) is 7.05 Å². The standard InChI is InChI=1S/C13H24N4/c1-10(2)17-9-11(3)15-13(17)16-7-5-6-12(16)8-14-4/h9-10,12,14H,5-8H2,1-4H3. The molecule has 1 N–H and O–H groups in total. The predicted octanol–water partition coefficient (Wildman–Crippen LogP) is 1.96. The van der Waals surface area contributed by atoms with Crippen molar-refractivity contribution in [3.63, 3.8) is 0 Å². The summed E-state index contributed by atoms with van der Waals surface area (Å²) in [7, 11) is 2.02. The lowest BCUT2D eigenvalue weighted by Crippen LogP contribution is -2.38. The van der Waals surface area contributed by atoms with Gasteiger partial charge in [0.15, 0.2) is 0 Å². The van der Waals surface area contributed by atoms with Crippen LogP contribution in [0.5, 0.6) is 0 Å². The van der Waals surface area contributed by atoms with Crippen molar-refractivity contribution >= 4 is 5.95 Å². The molecule has 0 radical (unpaired) electrons. The van der Waals surface area contributed by atoms with Gasteiger partial charge in [-0.15, -0.1) is 0 Å². The van der Waals surface area contributed by atoms with Crippen LogP contribution in [0, 0.1) is 6.92 Å². The summed E-state index contributed by atoms with van der Waals surface area (Å²) >= 11 is 0. The fourth-order valence-electron chi connectivity index (χ4n) is 2.64. The van der Waals surface area contributed by atoms with E-state index in [1.54, 1.807) is 0 Å². The molecule has 1 aromatic heterocycles. The van der Waals surface area contributed by atoms with Crippen LogP contribution in [0.25, 0.3) is 0 Å². The molecule has 2 heterocycles. The molecule has 1 aliphatic rings. The molecule has 4 heteroatoms. The van der Waals surface area contributed by atoms with Gasteiger partial charge in [0.2, 0.25) is 5.95 Å². The zero-order valence-corrected chi connectivity index (χ0v) is 11.4. The number of rotatable bonds is 4. The average Bonchev–Trinajstić information content (AvgIpc) is 2.84. The van der Waals surface area contributed by atoms with Gasteiger partial charge in [-0.1, -0.05) is 0 Å². The number of imidazole rings is 1. The van der Waals surface area contributed by atoms with Gasteiger partial charge in [0.05, 0.1) is 5.69 Å². The van der Waals surface area contributed by atoms with Crippen LogP contribution in [0.2, 0.25) is 0 Å². The number of aryl methyl sites for hydroxylation is 1. The number of aromatic nitrogens is 2. The lowest BCUT2D eigenvalue weighted by Gasteiger charge is -2.27. The van der Waals surface area contributed by atoms with E-state index in [2.05, 4.69) is 41.8 Å². The molecular weight excluding hydrogens is 212 g/mol. The fraction of sp³-hybridized carbons (Fsp3) is 0.769. The molecule has 17 heavy (non-hydrogen) atoms. The lowest BCUT2D eigenvalue weighted by atomic mass is 10.2. The fourth-order valence-corrected chi connectivity index (χ4v) is 2.64. The van der Waals surface area contributed by atoms with Crippen molar-refractivity contribution in [1.29, 1.82) is 0 Å². The summed E-state index contributed by atoms with van der Waals surface area (Å²) in [6.07, 6.45) is 4.70. The van der Waals surface area contributed by atoms with E-state index in [9.17, 15) is 0 Å². The maximum atomic E-state index is 4.71. The van der Waals surface area contributed by atoms with E-state index >= 15 is 0 Å². The molecule has 96 valence electrons. The van der Waals surface area contributed by atoms with E-state index in [0.29, 0.717) is 12.1 Å². The summed E-state index contributed by atoms with van der Waals surface area (Å²) in [6, 6.07) is 1.07. The van der Waals surface area contributed by atoms with Crippen LogP contribution in [0.4, 0.5) is 5.95 Å². The largest absolute Gasteiger partial charge is 0.338 e. The van der Waals surface area contributed by atoms with E-state index in [4.69, 9.17) is 4.98 Å². The topological polar surface area (TPSA) is 33.1 Å². The number of nitrogens with one attached hydrogen (secondary N) is 1. The minimum atomic E-state index is 0.474. The predicted molar refractivity (Wildman–Crippen MR) is 71.6 cm³/mol. The first-order valence-electron chi connectivity index (χ1n) is 6.60. The monoisotopic (exact) mass is 236 g/mol. The minimum absolute atomic E-state index is 0.474. The molecule has 0 spiro atoms. The van der Waals surface area contributed by atoms with Gasteiger partial charge in [-0.2, -0.15) is 0 Å². The van der Waals surface area contributed by atoms with Crippen LogP contribution in [0.3, 0.4) is 0 Å². The molecular formula is C13H24N4.